The van der Waals surface area contributed by atoms with Gasteiger partial charge in [-0.1, -0.05) is 18.2 Å². The summed E-state index contributed by atoms with van der Waals surface area (Å²) in [5, 5.41) is 0. The minimum atomic E-state index is -4.54. The largest absolute Gasteiger partial charge is 0.488 e. The highest BCUT2D eigenvalue weighted by atomic mass is 19.4. The second kappa shape index (κ2) is 6.13. The molecule has 112 valence electrons. The number of nitrogens with two attached hydrogens (primary N) is 1. The summed E-state index contributed by atoms with van der Waals surface area (Å²) >= 11 is 0. The predicted octanol–water partition coefficient (Wildman–Crippen LogP) is 3.88. The van der Waals surface area contributed by atoms with Gasteiger partial charge in [0.25, 0.3) is 0 Å². The summed E-state index contributed by atoms with van der Waals surface area (Å²) in [6.07, 6.45) is -4.54. The van der Waals surface area contributed by atoms with Gasteiger partial charge in [-0.05, 0) is 35.4 Å². The van der Waals surface area contributed by atoms with Crippen molar-refractivity contribution >= 4 is 0 Å². The van der Waals surface area contributed by atoms with E-state index in [1.165, 1.54) is 30.3 Å². The zero-order valence-electron chi connectivity index (χ0n) is 11.0. The number of hydrogen-bond acceptors (Lipinski definition) is 2. The van der Waals surface area contributed by atoms with Gasteiger partial charge in [0.15, 0.2) is 0 Å². The highest BCUT2D eigenvalue weighted by Crippen LogP contribution is 2.37. The van der Waals surface area contributed by atoms with Crippen LogP contribution < -0.4 is 10.5 Å². The molecule has 0 heterocycles. The number of hydrogen-bond donors (Lipinski definition) is 1. The summed E-state index contributed by atoms with van der Waals surface area (Å²) in [5.74, 6) is -0.769. The highest BCUT2D eigenvalue weighted by Gasteiger charge is 2.34. The third-order valence-electron chi connectivity index (χ3n) is 2.87. The van der Waals surface area contributed by atoms with Gasteiger partial charge in [0, 0.05) is 6.54 Å². The number of benzene rings is 2. The van der Waals surface area contributed by atoms with E-state index in [0.29, 0.717) is 11.1 Å². The lowest BCUT2D eigenvalue weighted by atomic mass is 10.1. The van der Waals surface area contributed by atoms with Gasteiger partial charge in [0.1, 0.15) is 18.2 Å². The summed E-state index contributed by atoms with van der Waals surface area (Å²) in [4.78, 5) is 0. The molecule has 0 aliphatic rings. The Hall–Kier alpha value is -2.08. The van der Waals surface area contributed by atoms with Crippen molar-refractivity contribution in [1.29, 1.82) is 0 Å². The molecule has 0 bridgehead atoms. The molecule has 2 aromatic rings. The fraction of sp³-hybridized carbons (Fsp3) is 0.200. The first-order valence-corrected chi connectivity index (χ1v) is 6.17. The Morgan fingerprint density at radius 2 is 1.76 bits per heavy atom. The van der Waals surface area contributed by atoms with Gasteiger partial charge in [-0.2, -0.15) is 13.2 Å². The number of ether oxygens (including phenoxy) is 1. The van der Waals surface area contributed by atoms with Crippen molar-refractivity contribution in [2.75, 3.05) is 0 Å². The number of halogens is 4. The standard InChI is InChI=1S/C15H13F4NO/c16-12-3-1-2-11(6-12)9-21-14-5-4-10(8-20)7-13(14)15(17,18)19/h1-7H,8-9,20H2. The van der Waals surface area contributed by atoms with Crippen LogP contribution in [0.1, 0.15) is 16.7 Å². The zero-order chi connectivity index (χ0) is 15.5. The molecule has 2 aromatic carbocycles. The quantitative estimate of drug-likeness (QED) is 0.870. The molecule has 0 unspecified atom stereocenters. The van der Waals surface area contributed by atoms with Crippen molar-refractivity contribution in [3.8, 4) is 5.75 Å². The van der Waals surface area contributed by atoms with Crippen LogP contribution in [0.5, 0.6) is 5.75 Å². The molecule has 0 aliphatic heterocycles. The fourth-order valence-corrected chi connectivity index (χ4v) is 1.84. The van der Waals surface area contributed by atoms with Crippen LogP contribution >= 0.6 is 0 Å². The lowest BCUT2D eigenvalue weighted by molar-refractivity contribution is -0.139. The van der Waals surface area contributed by atoms with Crippen molar-refractivity contribution in [3.05, 3.63) is 65.0 Å². The first-order valence-electron chi connectivity index (χ1n) is 6.17. The maximum atomic E-state index is 13.0. The van der Waals surface area contributed by atoms with E-state index in [1.807, 2.05) is 0 Å². The van der Waals surface area contributed by atoms with E-state index in [4.69, 9.17) is 10.5 Å². The lowest BCUT2D eigenvalue weighted by Gasteiger charge is -2.15. The molecule has 0 fully saturated rings. The van der Waals surface area contributed by atoms with E-state index in [0.717, 1.165) is 6.07 Å². The molecule has 0 aromatic heterocycles. The Bertz CT molecular complexity index is 625. The molecule has 6 heteroatoms. The van der Waals surface area contributed by atoms with Crippen LogP contribution in [0.25, 0.3) is 0 Å². The van der Waals surface area contributed by atoms with Gasteiger partial charge in [0.05, 0.1) is 5.56 Å². The van der Waals surface area contributed by atoms with Crippen molar-refractivity contribution < 1.29 is 22.3 Å². The first kappa shape index (κ1) is 15.3. The molecule has 21 heavy (non-hydrogen) atoms. The fourth-order valence-electron chi connectivity index (χ4n) is 1.84. The Morgan fingerprint density at radius 1 is 1.00 bits per heavy atom. The van der Waals surface area contributed by atoms with Crippen LogP contribution in [-0.2, 0) is 19.3 Å². The third kappa shape index (κ3) is 3.95. The van der Waals surface area contributed by atoms with Crippen molar-refractivity contribution in [2.45, 2.75) is 19.3 Å². The molecule has 0 saturated heterocycles. The summed E-state index contributed by atoms with van der Waals surface area (Å²) in [6, 6.07) is 9.16. The molecule has 0 radical (unpaired) electrons. The first-order chi connectivity index (χ1) is 9.90. The van der Waals surface area contributed by atoms with Crippen LogP contribution in [0.4, 0.5) is 17.6 Å². The van der Waals surface area contributed by atoms with Gasteiger partial charge in [-0.25, -0.2) is 4.39 Å². The van der Waals surface area contributed by atoms with Crippen LogP contribution in [0.3, 0.4) is 0 Å². The van der Waals surface area contributed by atoms with Gasteiger partial charge in [0.2, 0.25) is 0 Å². The summed E-state index contributed by atoms with van der Waals surface area (Å²) in [5.41, 5.74) is 5.27. The Morgan fingerprint density at radius 3 is 2.38 bits per heavy atom. The highest BCUT2D eigenvalue weighted by molar-refractivity contribution is 5.39. The predicted molar refractivity (Wildman–Crippen MR) is 70.1 cm³/mol. The monoisotopic (exact) mass is 299 g/mol. The number of alkyl halides is 3. The van der Waals surface area contributed by atoms with E-state index in [9.17, 15) is 17.6 Å². The van der Waals surface area contributed by atoms with Gasteiger partial charge >= 0.3 is 6.18 Å². The smallest absolute Gasteiger partial charge is 0.419 e. The average molecular weight is 299 g/mol. The van der Waals surface area contributed by atoms with Gasteiger partial charge < -0.3 is 10.5 Å². The van der Waals surface area contributed by atoms with Crippen LogP contribution in [0.2, 0.25) is 0 Å². The van der Waals surface area contributed by atoms with Crippen molar-refractivity contribution in [1.82, 2.24) is 0 Å². The Labute approximate surface area is 119 Å². The molecule has 0 saturated carbocycles. The molecule has 0 atom stereocenters. The topological polar surface area (TPSA) is 35.2 Å². The normalized spacial score (nSPS) is 11.5. The van der Waals surface area contributed by atoms with E-state index >= 15 is 0 Å². The lowest BCUT2D eigenvalue weighted by Crippen LogP contribution is -2.10. The molecule has 2 rings (SSSR count). The molecule has 0 amide bonds. The molecular formula is C15H13F4NO. The van der Waals surface area contributed by atoms with Crippen LogP contribution in [0.15, 0.2) is 42.5 Å². The van der Waals surface area contributed by atoms with Crippen molar-refractivity contribution in [3.63, 3.8) is 0 Å². The Balaban J connectivity index is 2.23. The minimum absolute atomic E-state index is 0.00720. The van der Waals surface area contributed by atoms with Gasteiger partial charge in [-0.15, -0.1) is 0 Å². The van der Waals surface area contributed by atoms with E-state index in [-0.39, 0.29) is 18.9 Å². The second-order valence-electron chi connectivity index (χ2n) is 4.45. The maximum absolute atomic E-state index is 13.0. The molecule has 2 N–H and O–H groups in total. The minimum Gasteiger partial charge on any atom is -0.488 e. The molecule has 2 nitrogen and oxygen atoms in total. The summed E-state index contributed by atoms with van der Waals surface area (Å²) < 4.78 is 57.1. The van der Waals surface area contributed by atoms with E-state index in [2.05, 4.69) is 0 Å². The van der Waals surface area contributed by atoms with Crippen LogP contribution in [0, 0.1) is 5.82 Å². The SMILES string of the molecule is NCc1ccc(OCc2cccc(F)c2)c(C(F)(F)F)c1. The second-order valence-corrected chi connectivity index (χ2v) is 4.45. The molecule has 0 aliphatic carbocycles. The number of rotatable bonds is 4. The van der Waals surface area contributed by atoms with Crippen LogP contribution in [-0.4, -0.2) is 0 Å². The third-order valence-corrected chi connectivity index (χ3v) is 2.87. The summed E-state index contributed by atoms with van der Waals surface area (Å²) in [6.45, 7) is -0.143. The maximum Gasteiger partial charge on any atom is 0.419 e. The van der Waals surface area contributed by atoms with Crippen molar-refractivity contribution in [2.24, 2.45) is 5.73 Å². The molecular weight excluding hydrogens is 286 g/mol. The zero-order valence-corrected chi connectivity index (χ0v) is 11.0. The van der Waals surface area contributed by atoms with E-state index < -0.39 is 17.6 Å². The molecule has 0 spiro atoms. The van der Waals surface area contributed by atoms with Gasteiger partial charge in [-0.3, -0.25) is 0 Å². The Kier molecular flexibility index (Phi) is 4.47. The average Bonchev–Trinajstić information content (AvgIpc) is 2.44. The van der Waals surface area contributed by atoms with E-state index in [1.54, 1.807) is 6.07 Å². The summed E-state index contributed by atoms with van der Waals surface area (Å²) in [7, 11) is 0.